The molecule has 7 heteroatoms. The molecule has 0 aromatic rings. The molecule has 0 amide bonds. The van der Waals surface area contributed by atoms with Crippen molar-refractivity contribution in [2.75, 3.05) is 20.4 Å². The van der Waals surface area contributed by atoms with Crippen LogP contribution in [0.15, 0.2) is 0 Å². The standard InChI is InChI=1S/C7H12NO5P/c1-6(9)13-7(4-8)5-14(10,11-2)12-3/h7H,5H2,1-3H3. The number of hydrogen-bond donors (Lipinski definition) is 0. The number of carbonyl (C=O) groups excluding carboxylic acids is 1. The molecule has 14 heavy (non-hydrogen) atoms. The molecule has 0 bridgehead atoms. The molecule has 0 fully saturated rings. The van der Waals surface area contributed by atoms with Crippen LogP contribution in [0.5, 0.6) is 0 Å². The van der Waals surface area contributed by atoms with E-state index in [0.29, 0.717) is 0 Å². The van der Waals surface area contributed by atoms with Gasteiger partial charge in [-0.3, -0.25) is 9.36 Å². The van der Waals surface area contributed by atoms with Crippen molar-refractivity contribution in [3.05, 3.63) is 0 Å². The average Bonchev–Trinajstić information content (AvgIpc) is 2.16. The second-order valence-corrected chi connectivity index (χ2v) is 4.70. The van der Waals surface area contributed by atoms with E-state index < -0.39 is 19.7 Å². The second kappa shape index (κ2) is 5.76. The first-order valence-electron chi connectivity index (χ1n) is 3.74. The minimum Gasteiger partial charge on any atom is -0.446 e. The average molecular weight is 221 g/mol. The molecule has 0 saturated carbocycles. The van der Waals surface area contributed by atoms with Crippen LogP contribution in [0.2, 0.25) is 0 Å². The third-order valence-electron chi connectivity index (χ3n) is 1.40. The molecule has 0 aliphatic heterocycles. The van der Waals surface area contributed by atoms with Gasteiger partial charge in [0.05, 0.1) is 0 Å². The minimum atomic E-state index is -3.31. The highest BCUT2D eigenvalue weighted by atomic mass is 31.2. The van der Waals surface area contributed by atoms with Gasteiger partial charge in [0.25, 0.3) is 0 Å². The van der Waals surface area contributed by atoms with Crippen molar-refractivity contribution in [2.24, 2.45) is 0 Å². The molecule has 80 valence electrons. The van der Waals surface area contributed by atoms with Crippen molar-refractivity contribution in [3.63, 3.8) is 0 Å². The Bertz CT molecular complexity index is 276. The van der Waals surface area contributed by atoms with Crippen LogP contribution >= 0.6 is 7.60 Å². The molecule has 0 heterocycles. The molecule has 0 N–H and O–H groups in total. The van der Waals surface area contributed by atoms with Crippen LogP contribution < -0.4 is 0 Å². The van der Waals surface area contributed by atoms with E-state index in [0.717, 1.165) is 6.92 Å². The van der Waals surface area contributed by atoms with Gasteiger partial charge in [0.15, 0.2) is 6.10 Å². The van der Waals surface area contributed by atoms with Gasteiger partial charge >= 0.3 is 13.6 Å². The Hall–Kier alpha value is -0.890. The number of nitriles is 1. The zero-order valence-electron chi connectivity index (χ0n) is 8.22. The molecule has 1 atom stereocenters. The van der Waals surface area contributed by atoms with Gasteiger partial charge in [0.1, 0.15) is 12.2 Å². The normalized spacial score (nSPS) is 13.0. The zero-order valence-corrected chi connectivity index (χ0v) is 9.11. The van der Waals surface area contributed by atoms with Crippen molar-refractivity contribution in [1.29, 1.82) is 5.26 Å². The molecule has 0 radical (unpaired) electrons. The Morgan fingerprint density at radius 2 is 2.00 bits per heavy atom. The molecule has 0 saturated heterocycles. The minimum absolute atomic E-state index is 0.268. The summed E-state index contributed by atoms with van der Waals surface area (Å²) >= 11 is 0. The van der Waals surface area contributed by atoms with E-state index in [1.165, 1.54) is 14.2 Å². The number of rotatable bonds is 5. The Kier molecular flexibility index (Phi) is 5.39. The summed E-state index contributed by atoms with van der Waals surface area (Å²) in [6.45, 7) is 1.16. The van der Waals surface area contributed by atoms with Crippen molar-refractivity contribution in [1.82, 2.24) is 0 Å². The highest BCUT2D eigenvalue weighted by molar-refractivity contribution is 7.53. The Morgan fingerprint density at radius 1 is 1.50 bits per heavy atom. The Morgan fingerprint density at radius 3 is 2.29 bits per heavy atom. The summed E-state index contributed by atoms with van der Waals surface area (Å²) in [5, 5.41) is 8.57. The van der Waals surface area contributed by atoms with E-state index in [1.807, 2.05) is 0 Å². The predicted molar refractivity (Wildman–Crippen MR) is 47.7 cm³/mol. The molecule has 0 spiro atoms. The first-order chi connectivity index (χ1) is 6.47. The largest absolute Gasteiger partial charge is 0.446 e. The number of hydrogen-bond acceptors (Lipinski definition) is 6. The summed E-state index contributed by atoms with van der Waals surface area (Å²) < 4.78 is 25.3. The van der Waals surface area contributed by atoms with Crippen molar-refractivity contribution >= 4 is 13.6 Å². The molecular formula is C7H12NO5P. The molecule has 0 aliphatic carbocycles. The summed E-state index contributed by atoms with van der Waals surface area (Å²) in [7, 11) is -0.908. The first-order valence-corrected chi connectivity index (χ1v) is 5.47. The topological polar surface area (TPSA) is 85.6 Å². The van der Waals surface area contributed by atoms with Crippen LogP contribution in [-0.4, -0.2) is 32.5 Å². The lowest BCUT2D eigenvalue weighted by molar-refractivity contribution is -0.143. The van der Waals surface area contributed by atoms with Gasteiger partial charge in [-0.15, -0.1) is 0 Å². The number of carbonyl (C=O) groups is 1. The maximum atomic E-state index is 11.5. The van der Waals surface area contributed by atoms with Gasteiger partial charge in [0.2, 0.25) is 0 Å². The monoisotopic (exact) mass is 221 g/mol. The second-order valence-electron chi connectivity index (χ2n) is 2.39. The number of nitrogens with zero attached hydrogens (tertiary/aromatic N) is 1. The highest BCUT2D eigenvalue weighted by Crippen LogP contribution is 2.47. The van der Waals surface area contributed by atoms with E-state index >= 15 is 0 Å². The Labute approximate surface area is 82.3 Å². The van der Waals surface area contributed by atoms with Crippen molar-refractivity contribution in [2.45, 2.75) is 13.0 Å². The lowest BCUT2D eigenvalue weighted by Crippen LogP contribution is -2.19. The highest BCUT2D eigenvalue weighted by Gasteiger charge is 2.28. The van der Waals surface area contributed by atoms with Crippen LogP contribution in [0.1, 0.15) is 6.92 Å². The van der Waals surface area contributed by atoms with Gasteiger partial charge in [-0.2, -0.15) is 5.26 Å². The predicted octanol–water partition coefficient (Wildman–Crippen LogP) is 0.928. The fourth-order valence-corrected chi connectivity index (χ4v) is 1.74. The van der Waals surface area contributed by atoms with Gasteiger partial charge in [0, 0.05) is 21.1 Å². The lowest BCUT2D eigenvalue weighted by Gasteiger charge is -2.16. The molecular weight excluding hydrogens is 209 g/mol. The maximum Gasteiger partial charge on any atom is 0.334 e. The fourth-order valence-electron chi connectivity index (χ4n) is 0.731. The number of ether oxygens (including phenoxy) is 1. The summed E-state index contributed by atoms with van der Waals surface area (Å²) in [6.07, 6.45) is -1.38. The molecule has 1 unspecified atom stereocenters. The smallest absolute Gasteiger partial charge is 0.334 e. The summed E-state index contributed by atoms with van der Waals surface area (Å²) in [5.41, 5.74) is 0. The third-order valence-corrected chi connectivity index (χ3v) is 3.29. The van der Waals surface area contributed by atoms with Crippen LogP contribution in [0.25, 0.3) is 0 Å². The quantitative estimate of drug-likeness (QED) is 0.507. The van der Waals surface area contributed by atoms with Crippen LogP contribution in [-0.2, 0) is 23.1 Å². The van der Waals surface area contributed by atoms with Crippen molar-refractivity contribution in [3.8, 4) is 6.07 Å². The molecule has 6 nitrogen and oxygen atoms in total. The molecule has 0 rings (SSSR count). The van der Waals surface area contributed by atoms with E-state index in [-0.39, 0.29) is 6.16 Å². The van der Waals surface area contributed by atoms with Gasteiger partial charge in [-0.25, -0.2) is 0 Å². The van der Waals surface area contributed by atoms with E-state index in [9.17, 15) is 9.36 Å². The summed E-state index contributed by atoms with van der Waals surface area (Å²) in [6, 6.07) is 1.68. The van der Waals surface area contributed by atoms with Crippen molar-refractivity contribution < 1.29 is 23.1 Å². The van der Waals surface area contributed by atoms with E-state index in [1.54, 1.807) is 6.07 Å². The van der Waals surface area contributed by atoms with E-state index in [4.69, 9.17) is 5.26 Å². The summed E-state index contributed by atoms with van der Waals surface area (Å²) in [5.74, 6) is -0.615. The van der Waals surface area contributed by atoms with Gasteiger partial charge in [-0.1, -0.05) is 0 Å². The lowest BCUT2D eigenvalue weighted by atomic mass is 10.4. The van der Waals surface area contributed by atoms with Crippen LogP contribution in [0.4, 0.5) is 0 Å². The zero-order chi connectivity index (χ0) is 11.2. The summed E-state index contributed by atoms with van der Waals surface area (Å²) in [4.78, 5) is 10.5. The molecule has 0 aliphatic rings. The van der Waals surface area contributed by atoms with Gasteiger partial charge in [-0.05, 0) is 0 Å². The SMILES string of the molecule is COP(=O)(CC(C#N)OC(C)=O)OC. The first kappa shape index (κ1) is 13.1. The van der Waals surface area contributed by atoms with Crippen LogP contribution in [0.3, 0.4) is 0 Å². The molecule has 0 aromatic carbocycles. The van der Waals surface area contributed by atoms with Crippen LogP contribution in [0, 0.1) is 11.3 Å². The third kappa shape index (κ3) is 4.38. The Balaban J connectivity index is 4.39. The fraction of sp³-hybridized carbons (Fsp3) is 0.714. The maximum absolute atomic E-state index is 11.5. The number of esters is 1. The molecule has 0 aromatic heterocycles. The van der Waals surface area contributed by atoms with E-state index in [2.05, 4.69) is 13.8 Å². The van der Waals surface area contributed by atoms with Gasteiger partial charge < -0.3 is 13.8 Å².